The van der Waals surface area contributed by atoms with Crippen molar-refractivity contribution in [1.82, 2.24) is 4.98 Å². The van der Waals surface area contributed by atoms with Crippen molar-refractivity contribution in [3.05, 3.63) is 47.3 Å². The molecule has 2 nitrogen and oxygen atoms in total. The lowest BCUT2D eigenvalue weighted by molar-refractivity contribution is 1.19. The maximum absolute atomic E-state index is 8.70. The first-order chi connectivity index (χ1) is 7.20. The topological polar surface area (TPSA) is 39.6 Å². The SMILES string of the molecule is Cc1cc(-c2ccc(C#N)cc2)c(C)[nH]1. The summed E-state index contributed by atoms with van der Waals surface area (Å²) < 4.78 is 0. The van der Waals surface area contributed by atoms with Gasteiger partial charge in [0.05, 0.1) is 11.6 Å². The molecule has 1 heterocycles. The highest BCUT2D eigenvalue weighted by atomic mass is 14.7. The van der Waals surface area contributed by atoms with E-state index in [1.165, 1.54) is 5.56 Å². The lowest BCUT2D eigenvalue weighted by Crippen LogP contribution is -1.79. The standard InChI is InChI=1S/C13H12N2/c1-9-7-13(10(2)15-9)12-5-3-11(8-14)4-6-12/h3-7,15H,1-2H3. The minimum Gasteiger partial charge on any atom is -0.362 e. The second-order valence-corrected chi connectivity index (χ2v) is 3.68. The largest absolute Gasteiger partial charge is 0.362 e. The molecular formula is C13H12N2. The lowest BCUT2D eigenvalue weighted by Gasteiger charge is -1.99. The fourth-order valence-corrected chi connectivity index (χ4v) is 1.75. The van der Waals surface area contributed by atoms with Gasteiger partial charge in [-0.1, -0.05) is 12.1 Å². The summed E-state index contributed by atoms with van der Waals surface area (Å²) in [6.07, 6.45) is 0. The Labute approximate surface area is 89.2 Å². The van der Waals surface area contributed by atoms with Crippen molar-refractivity contribution in [2.24, 2.45) is 0 Å². The van der Waals surface area contributed by atoms with Crippen LogP contribution < -0.4 is 0 Å². The van der Waals surface area contributed by atoms with Crippen LogP contribution in [-0.4, -0.2) is 4.98 Å². The third-order valence-corrected chi connectivity index (χ3v) is 2.47. The Morgan fingerprint density at radius 3 is 2.27 bits per heavy atom. The molecule has 2 heteroatoms. The fourth-order valence-electron chi connectivity index (χ4n) is 1.75. The fraction of sp³-hybridized carbons (Fsp3) is 0.154. The van der Waals surface area contributed by atoms with Gasteiger partial charge in [-0.15, -0.1) is 0 Å². The predicted molar refractivity (Wildman–Crippen MR) is 60.4 cm³/mol. The first kappa shape index (κ1) is 9.54. The average Bonchev–Trinajstić information content (AvgIpc) is 2.58. The van der Waals surface area contributed by atoms with Gasteiger partial charge in [-0.2, -0.15) is 5.26 Å². The quantitative estimate of drug-likeness (QED) is 0.747. The molecule has 0 fully saturated rings. The summed E-state index contributed by atoms with van der Waals surface area (Å²) in [4.78, 5) is 3.27. The molecule has 0 unspecified atom stereocenters. The van der Waals surface area contributed by atoms with Crippen LogP contribution in [0.15, 0.2) is 30.3 Å². The van der Waals surface area contributed by atoms with Gasteiger partial charge in [0.15, 0.2) is 0 Å². The van der Waals surface area contributed by atoms with E-state index in [2.05, 4.69) is 24.0 Å². The average molecular weight is 196 g/mol. The van der Waals surface area contributed by atoms with E-state index in [1.807, 2.05) is 31.2 Å². The zero-order chi connectivity index (χ0) is 10.8. The molecule has 2 rings (SSSR count). The molecule has 0 aliphatic heterocycles. The minimum atomic E-state index is 0.698. The molecule has 15 heavy (non-hydrogen) atoms. The summed E-state index contributed by atoms with van der Waals surface area (Å²) in [5, 5.41) is 8.70. The molecule has 74 valence electrons. The van der Waals surface area contributed by atoms with Crippen molar-refractivity contribution in [1.29, 1.82) is 5.26 Å². The van der Waals surface area contributed by atoms with Crippen molar-refractivity contribution >= 4 is 0 Å². The Morgan fingerprint density at radius 1 is 1.13 bits per heavy atom. The Bertz CT molecular complexity index is 512. The van der Waals surface area contributed by atoms with Crippen LogP contribution in [0.1, 0.15) is 17.0 Å². The Morgan fingerprint density at radius 2 is 1.80 bits per heavy atom. The summed E-state index contributed by atoms with van der Waals surface area (Å²) in [5.74, 6) is 0. The summed E-state index contributed by atoms with van der Waals surface area (Å²) in [6, 6.07) is 11.9. The summed E-state index contributed by atoms with van der Waals surface area (Å²) in [5.41, 5.74) is 5.38. The number of hydrogen-bond donors (Lipinski definition) is 1. The highest BCUT2D eigenvalue weighted by Gasteiger charge is 2.04. The van der Waals surface area contributed by atoms with Crippen LogP contribution in [0.25, 0.3) is 11.1 Å². The van der Waals surface area contributed by atoms with Gasteiger partial charge in [0.25, 0.3) is 0 Å². The van der Waals surface area contributed by atoms with E-state index in [0.717, 1.165) is 17.0 Å². The zero-order valence-electron chi connectivity index (χ0n) is 8.83. The van der Waals surface area contributed by atoms with Gasteiger partial charge in [0, 0.05) is 17.0 Å². The van der Waals surface area contributed by atoms with Crippen molar-refractivity contribution in [3.8, 4) is 17.2 Å². The second kappa shape index (κ2) is 3.62. The Balaban J connectivity index is 2.46. The molecule has 1 N–H and O–H groups in total. The first-order valence-electron chi connectivity index (χ1n) is 4.87. The summed E-state index contributed by atoms with van der Waals surface area (Å²) >= 11 is 0. The van der Waals surface area contributed by atoms with Gasteiger partial charge in [0.1, 0.15) is 0 Å². The molecule has 0 aliphatic carbocycles. The van der Waals surface area contributed by atoms with Gasteiger partial charge < -0.3 is 4.98 Å². The molecule has 0 bridgehead atoms. The number of nitrogens with zero attached hydrogens (tertiary/aromatic N) is 1. The summed E-state index contributed by atoms with van der Waals surface area (Å²) in [7, 11) is 0. The number of benzene rings is 1. The molecule has 0 radical (unpaired) electrons. The number of aromatic amines is 1. The van der Waals surface area contributed by atoms with E-state index in [1.54, 1.807) is 0 Å². The Hall–Kier alpha value is -2.01. The molecule has 0 saturated carbocycles. The molecule has 0 saturated heterocycles. The highest BCUT2D eigenvalue weighted by Crippen LogP contribution is 2.24. The number of aryl methyl sites for hydroxylation is 2. The van der Waals surface area contributed by atoms with Crippen LogP contribution in [0.5, 0.6) is 0 Å². The molecule has 0 amide bonds. The molecule has 0 spiro atoms. The van der Waals surface area contributed by atoms with Crippen LogP contribution in [-0.2, 0) is 0 Å². The third-order valence-electron chi connectivity index (χ3n) is 2.47. The minimum absolute atomic E-state index is 0.698. The number of hydrogen-bond acceptors (Lipinski definition) is 1. The monoisotopic (exact) mass is 196 g/mol. The van der Waals surface area contributed by atoms with Crippen LogP contribution >= 0.6 is 0 Å². The second-order valence-electron chi connectivity index (χ2n) is 3.68. The van der Waals surface area contributed by atoms with Crippen molar-refractivity contribution in [2.45, 2.75) is 13.8 Å². The third kappa shape index (κ3) is 1.77. The smallest absolute Gasteiger partial charge is 0.0991 e. The first-order valence-corrected chi connectivity index (χ1v) is 4.87. The van der Waals surface area contributed by atoms with Crippen LogP contribution in [0.2, 0.25) is 0 Å². The van der Waals surface area contributed by atoms with Gasteiger partial charge in [-0.3, -0.25) is 0 Å². The Kier molecular flexibility index (Phi) is 2.31. The maximum Gasteiger partial charge on any atom is 0.0991 e. The number of rotatable bonds is 1. The summed E-state index contributed by atoms with van der Waals surface area (Å²) in [6.45, 7) is 4.10. The zero-order valence-corrected chi connectivity index (χ0v) is 8.83. The van der Waals surface area contributed by atoms with E-state index in [-0.39, 0.29) is 0 Å². The van der Waals surface area contributed by atoms with Crippen LogP contribution in [0.3, 0.4) is 0 Å². The van der Waals surface area contributed by atoms with Gasteiger partial charge in [-0.05, 0) is 37.6 Å². The van der Waals surface area contributed by atoms with Gasteiger partial charge in [-0.25, -0.2) is 0 Å². The normalized spacial score (nSPS) is 9.93. The molecule has 2 aromatic rings. The highest BCUT2D eigenvalue weighted by molar-refractivity contribution is 5.67. The van der Waals surface area contributed by atoms with Crippen molar-refractivity contribution in [2.75, 3.05) is 0 Å². The van der Waals surface area contributed by atoms with Crippen molar-refractivity contribution in [3.63, 3.8) is 0 Å². The number of nitriles is 1. The number of aromatic nitrogens is 1. The van der Waals surface area contributed by atoms with E-state index < -0.39 is 0 Å². The lowest BCUT2D eigenvalue weighted by atomic mass is 10.0. The maximum atomic E-state index is 8.70. The van der Waals surface area contributed by atoms with E-state index in [9.17, 15) is 0 Å². The molecule has 0 atom stereocenters. The van der Waals surface area contributed by atoms with Crippen molar-refractivity contribution < 1.29 is 0 Å². The van der Waals surface area contributed by atoms with E-state index in [4.69, 9.17) is 5.26 Å². The predicted octanol–water partition coefficient (Wildman–Crippen LogP) is 3.17. The van der Waals surface area contributed by atoms with E-state index >= 15 is 0 Å². The number of H-pyrrole nitrogens is 1. The van der Waals surface area contributed by atoms with Crippen LogP contribution in [0, 0.1) is 25.2 Å². The van der Waals surface area contributed by atoms with Gasteiger partial charge in [0.2, 0.25) is 0 Å². The van der Waals surface area contributed by atoms with Crippen LogP contribution in [0.4, 0.5) is 0 Å². The molecule has 1 aromatic carbocycles. The van der Waals surface area contributed by atoms with E-state index in [0.29, 0.717) is 5.56 Å². The molecule has 0 aliphatic rings. The van der Waals surface area contributed by atoms with Gasteiger partial charge >= 0.3 is 0 Å². The molecule has 1 aromatic heterocycles. The number of nitrogens with one attached hydrogen (secondary N) is 1. The molecular weight excluding hydrogens is 184 g/mol.